The zero-order valence-corrected chi connectivity index (χ0v) is 24.3. The fourth-order valence-electron chi connectivity index (χ4n) is 6.93. The molecule has 3 aromatic carbocycles. The van der Waals surface area contributed by atoms with E-state index in [0.717, 1.165) is 42.6 Å². The number of rotatable bonds is 9. The fourth-order valence-corrected chi connectivity index (χ4v) is 6.93. The van der Waals surface area contributed by atoms with Crippen LogP contribution >= 0.6 is 0 Å². The molecule has 0 radical (unpaired) electrons. The summed E-state index contributed by atoms with van der Waals surface area (Å²) < 4.78 is 6.39. The number of phenols is 1. The molecule has 42 heavy (non-hydrogen) atoms. The van der Waals surface area contributed by atoms with Crippen molar-refractivity contribution in [3.05, 3.63) is 101 Å². The zero-order valence-electron chi connectivity index (χ0n) is 24.3. The van der Waals surface area contributed by atoms with Gasteiger partial charge in [0.05, 0.1) is 30.2 Å². The summed E-state index contributed by atoms with van der Waals surface area (Å²) >= 11 is 0. The molecule has 2 fully saturated rings. The van der Waals surface area contributed by atoms with E-state index in [1.165, 1.54) is 21.6 Å². The number of fused-ring (bicyclic) bond motifs is 3. The number of amides is 2. The number of nitrogens with zero attached hydrogens (tertiary/aromatic N) is 1. The monoisotopic (exact) mass is 562 g/mol. The first-order valence-electron chi connectivity index (χ1n) is 15.0. The molecule has 2 saturated heterocycles. The Kier molecular flexibility index (Phi) is 7.98. The van der Waals surface area contributed by atoms with Crippen molar-refractivity contribution < 1.29 is 19.4 Å². The highest BCUT2D eigenvalue weighted by Crippen LogP contribution is 2.51. The van der Waals surface area contributed by atoms with Gasteiger partial charge in [-0.05, 0) is 92.3 Å². The molecule has 4 atom stereocenters. The molecule has 0 spiro atoms. The summed E-state index contributed by atoms with van der Waals surface area (Å²) in [5, 5.41) is 12.9. The number of anilines is 3. The van der Waals surface area contributed by atoms with Crippen molar-refractivity contribution in [3.8, 4) is 5.75 Å². The van der Waals surface area contributed by atoms with E-state index < -0.39 is 0 Å². The van der Waals surface area contributed by atoms with Crippen molar-refractivity contribution in [2.45, 2.75) is 52.1 Å². The lowest BCUT2D eigenvalue weighted by Gasteiger charge is -2.31. The van der Waals surface area contributed by atoms with E-state index >= 15 is 0 Å². The van der Waals surface area contributed by atoms with Crippen molar-refractivity contribution >= 4 is 35.0 Å². The third-order valence-electron chi connectivity index (χ3n) is 8.85. The topological polar surface area (TPSA) is 78.9 Å². The van der Waals surface area contributed by atoms with Crippen molar-refractivity contribution in [1.29, 1.82) is 0 Å². The maximum atomic E-state index is 13.9. The number of carbonyl (C=O) groups is 2. The highest BCUT2D eigenvalue weighted by Gasteiger charge is 2.57. The molecule has 0 bridgehead atoms. The summed E-state index contributed by atoms with van der Waals surface area (Å²) in [5.41, 5.74) is 7.40. The molecule has 2 heterocycles. The van der Waals surface area contributed by atoms with Gasteiger partial charge in [-0.15, -0.1) is 0 Å². The second-order valence-corrected chi connectivity index (χ2v) is 11.7. The van der Waals surface area contributed by atoms with Crippen molar-refractivity contribution in [3.63, 3.8) is 0 Å². The predicted octanol–water partition coefficient (Wildman–Crippen LogP) is 7.64. The van der Waals surface area contributed by atoms with E-state index in [1.54, 1.807) is 12.1 Å². The Hall–Kier alpha value is -4.16. The average Bonchev–Trinajstić information content (AvgIpc) is 3.53. The van der Waals surface area contributed by atoms with Crippen molar-refractivity contribution in [2.75, 3.05) is 16.8 Å². The minimum atomic E-state index is -0.367. The molecule has 2 amide bonds. The van der Waals surface area contributed by atoms with Gasteiger partial charge < -0.3 is 15.2 Å². The Morgan fingerprint density at radius 1 is 0.952 bits per heavy atom. The van der Waals surface area contributed by atoms with E-state index in [-0.39, 0.29) is 41.4 Å². The number of phenolic OH excluding ortho intramolecular Hbond substituents is 1. The van der Waals surface area contributed by atoms with Gasteiger partial charge in [0.2, 0.25) is 11.8 Å². The second kappa shape index (κ2) is 12.0. The molecule has 2 N–H and O–H groups in total. The Balaban J connectivity index is 1.18. The van der Waals surface area contributed by atoms with E-state index in [2.05, 4.69) is 25.2 Å². The minimum absolute atomic E-state index is 0.0269. The van der Waals surface area contributed by atoms with Crippen LogP contribution in [0.5, 0.6) is 5.75 Å². The highest BCUT2D eigenvalue weighted by atomic mass is 16.5. The molecular formula is C36H38N2O4. The Bertz CT molecular complexity index is 1510. The third-order valence-corrected chi connectivity index (χ3v) is 8.85. The first kappa shape index (κ1) is 28.0. The third kappa shape index (κ3) is 5.51. The van der Waals surface area contributed by atoms with E-state index in [9.17, 15) is 14.7 Å². The van der Waals surface area contributed by atoms with Crippen LogP contribution in [0.2, 0.25) is 0 Å². The molecule has 0 aromatic heterocycles. The van der Waals surface area contributed by atoms with E-state index in [4.69, 9.17) is 4.74 Å². The normalized spacial score (nSPS) is 23.8. The Morgan fingerprint density at radius 2 is 1.67 bits per heavy atom. The molecule has 0 saturated carbocycles. The van der Waals surface area contributed by atoms with Crippen molar-refractivity contribution in [1.82, 2.24) is 0 Å². The summed E-state index contributed by atoms with van der Waals surface area (Å²) in [6.07, 6.45) is 6.40. The maximum absolute atomic E-state index is 13.9. The minimum Gasteiger partial charge on any atom is -0.508 e. The molecule has 3 aliphatic rings. The first-order chi connectivity index (χ1) is 20.4. The average molecular weight is 563 g/mol. The van der Waals surface area contributed by atoms with Gasteiger partial charge in [0.25, 0.3) is 0 Å². The van der Waals surface area contributed by atoms with Crippen LogP contribution in [0, 0.1) is 17.8 Å². The van der Waals surface area contributed by atoms with Crippen LogP contribution < -0.4 is 10.2 Å². The lowest BCUT2D eigenvalue weighted by atomic mass is 9.68. The van der Waals surface area contributed by atoms with Gasteiger partial charge in [0, 0.05) is 17.3 Å². The van der Waals surface area contributed by atoms with Crippen LogP contribution in [-0.4, -0.2) is 29.6 Å². The van der Waals surface area contributed by atoms with E-state index in [1.807, 2.05) is 66.7 Å². The molecule has 6 nitrogen and oxygen atoms in total. The standard InChI is InChI=1S/C36H38N2O4/c1-3-7-25-21-30-34(31-22-42-32(33(25)31)19-10-23(2)20-24-11-17-29(39)18-12-24)36(41)38(35(30)40)28-15-13-27(14-16-28)37-26-8-5-4-6-9-26/h4-6,8-9,11-18,20,30-32,34,37,39H,3,7,10,19,21-22H2,1-2H3/b23-20+/t30-,31+,32-,34-/m1/s1. The second-order valence-electron chi connectivity index (χ2n) is 11.7. The summed E-state index contributed by atoms with van der Waals surface area (Å²) in [7, 11) is 0. The van der Waals surface area contributed by atoms with Gasteiger partial charge in [-0.25, -0.2) is 0 Å². The maximum Gasteiger partial charge on any atom is 0.238 e. The number of allylic oxidation sites excluding steroid dienone is 2. The number of hydrogen-bond acceptors (Lipinski definition) is 5. The number of hydrogen-bond donors (Lipinski definition) is 2. The van der Waals surface area contributed by atoms with Gasteiger partial charge in [-0.1, -0.05) is 60.9 Å². The quantitative estimate of drug-likeness (QED) is 0.207. The molecule has 6 rings (SSSR count). The summed E-state index contributed by atoms with van der Waals surface area (Å²) in [4.78, 5) is 29.1. The summed E-state index contributed by atoms with van der Waals surface area (Å²) in [6, 6.07) is 24.7. The largest absolute Gasteiger partial charge is 0.508 e. The molecule has 1 aliphatic carbocycles. The molecule has 0 unspecified atom stereocenters. The van der Waals surface area contributed by atoms with Gasteiger partial charge in [-0.2, -0.15) is 0 Å². The van der Waals surface area contributed by atoms with Gasteiger partial charge in [0.1, 0.15) is 5.75 Å². The van der Waals surface area contributed by atoms with Crippen LogP contribution in [0.3, 0.4) is 0 Å². The Morgan fingerprint density at radius 3 is 2.38 bits per heavy atom. The summed E-state index contributed by atoms with van der Waals surface area (Å²) in [6.45, 7) is 4.78. The number of imide groups is 1. The number of carbonyl (C=O) groups excluding carboxylic acids is 2. The molecule has 3 aromatic rings. The smallest absolute Gasteiger partial charge is 0.238 e. The SMILES string of the molecule is CCCC1=C2[C@@H](CC/C(C)=C/c3ccc(O)cc3)OC[C@@H]2[C@@H]2C(=O)N(c3ccc(Nc4ccccc4)cc3)C(=O)[C@@H]2C1. The van der Waals surface area contributed by atoms with Crippen LogP contribution in [0.25, 0.3) is 6.08 Å². The van der Waals surface area contributed by atoms with Crippen LogP contribution in [0.15, 0.2) is 95.6 Å². The lowest BCUT2D eigenvalue weighted by molar-refractivity contribution is -0.122. The highest BCUT2D eigenvalue weighted by molar-refractivity contribution is 6.22. The molecule has 216 valence electrons. The van der Waals surface area contributed by atoms with E-state index in [0.29, 0.717) is 18.7 Å². The van der Waals surface area contributed by atoms with Crippen LogP contribution in [-0.2, 0) is 14.3 Å². The van der Waals surface area contributed by atoms with Gasteiger partial charge in [-0.3, -0.25) is 14.5 Å². The summed E-state index contributed by atoms with van der Waals surface area (Å²) in [5.74, 6) is -0.659. The lowest BCUT2D eigenvalue weighted by Crippen LogP contribution is -2.34. The number of benzene rings is 3. The number of nitrogens with one attached hydrogen (secondary N) is 1. The predicted molar refractivity (Wildman–Crippen MR) is 166 cm³/mol. The number of ether oxygens (including phenoxy) is 1. The molecule has 6 heteroatoms. The Labute approximate surface area is 247 Å². The number of para-hydroxylation sites is 1. The first-order valence-corrected chi connectivity index (χ1v) is 15.0. The number of aromatic hydroxyl groups is 1. The van der Waals surface area contributed by atoms with Crippen molar-refractivity contribution in [2.24, 2.45) is 17.8 Å². The van der Waals surface area contributed by atoms with Crippen LogP contribution in [0.1, 0.15) is 51.5 Å². The van der Waals surface area contributed by atoms with Gasteiger partial charge >= 0.3 is 0 Å². The van der Waals surface area contributed by atoms with Gasteiger partial charge in [0.15, 0.2) is 0 Å². The fraction of sp³-hybridized carbons (Fsp3) is 0.333. The zero-order chi connectivity index (χ0) is 29.2. The molecular weight excluding hydrogens is 524 g/mol. The van der Waals surface area contributed by atoms with Crippen LogP contribution in [0.4, 0.5) is 17.1 Å². The molecule has 2 aliphatic heterocycles.